The van der Waals surface area contributed by atoms with Crippen molar-refractivity contribution in [2.75, 3.05) is 11.9 Å². The van der Waals surface area contributed by atoms with Gasteiger partial charge in [-0.25, -0.2) is 26.7 Å². The largest absolute Gasteiger partial charge is 0.452 e. The molecule has 2 aromatic rings. The number of carbonyl (C=O) groups is 2. The molecule has 13 heteroatoms. The van der Waals surface area contributed by atoms with Crippen molar-refractivity contribution in [1.29, 1.82) is 0 Å². The van der Waals surface area contributed by atoms with Crippen LogP contribution in [0.3, 0.4) is 0 Å². The van der Waals surface area contributed by atoms with Gasteiger partial charge < -0.3 is 14.5 Å². The molecule has 0 unspecified atom stereocenters. The number of nitrogens with one attached hydrogen (secondary N) is 1. The summed E-state index contributed by atoms with van der Waals surface area (Å²) < 4.78 is 74.9. The van der Waals surface area contributed by atoms with Crippen LogP contribution in [0.1, 0.15) is 5.76 Å². The number of hydrogen-bond donors (Lipinski definition) is 1. The van der Waals surface area contributed by atoms with E-state index < -0.39 is 64.1 Å². The third-order valence-corrected chi connectivity index (χ3v) is 3.00. The third-order valence-electron chi connectivity index (χ3n) is 3.00. The molecule has 0 bridgehead atoms. The molecule has 0 spiro atoms. The smallest absolute Gasteiger partial charge is 0.433 e. The van der Waals surface area contributed by atoms with E-state index in [-0.39, 0.29) is 5.76 Å². The number of hydrogen-bond acceptors (Lipinski definition) is 6. The fourth-order valence-electron chi connectivity index (χ4n) is 1.76. The molecule has 28 heavy (non-hydrogen) atoms. The number of rotatable bonds is 6. The average molecular weight is 406 g/mol. The van der Waals surface area contributed by atoms with Gasteiger partial charge in [0.05, 0.1) is 6.07 Å². The predicted octanol–water partition coefficient (Wildman–Crippen LogP) is 3.08. The molecule has 1 N–H and O–H groups in total. The maximum atomic E-state index is 13.4. The first-order chi connectivity index (χ1) is 13.1. The van der Waals surface area contributed by atoms with E-state index in [0.717, 1.165) is 18.2 Å². The predicted molar refractivity (Wildman–Crippen MR) is 80.2 cm³/mol. The number of nitrogens with zero attached hydrogens (tertiary/aromatic N) is 1. The molecule has 0 fully saturated rings. The first kappa shape index (κ1) is 20.5. The summed E-state index contributed by atoms with van der Waals surface area (Å²) in [5, 5.41) is 11.8. The van der Waals surface area contributed by atoms with Gasteiger partial charge in [-0.05, 0) is 12.1 Å². The summed E-state index contributed by atoms with van der Waals surface area (Å²) >= 11 is 0. The highest BCUT2D eigenvalue weighted by Gasteiger charge is 2.27. The SMILES string of the molecule is O=C(COC(=O)/C=C/c1ccc([N+](=O)[O-])o1)Nc1c(F)c(F)c(F)c(F)c1F. The van der Waals surface area contributed by atoms with E-state index >= 15 is 0 Å². The van der Waals surface area contributed by atoms with Crippen LogP contribution in [0.15, 0.2) is 22.6 Å². The average Bonchev–Trinajstić information content (AvgIpc) is 3.14. The van der Waals surface area contributed by atoms with Crippen molar-refractivity contribution in [2.24, 2.45) is 0 Å². The Kier molecular flexibility index (Phi) is 6.08. The van der Waals surface area contributed by atoms with Crippen LogP contribution in [-0.2, 0) is 14.3 Å². The van der Waals surface area contributed by atoms with E-state index in [1.807, 2.05) is 0 Å². The summed E-state index contributed by atoms with van der Waals surface area (Å²) in [5.74, 6) is -14.7. The van der Waals surface area contributed by atoms with Crippen molar-refractivity contribution in [3.63, 3.8) is 0 Å². The molecule has 0 aliphatic heterocycles. The maximum Gasteiger partial charge on any atom is 0.433 e. The second-order valence-electron chi connectivity index (χ2n) is 4.87. The molecule has 1 heterocycles. The molecule has 0 saturated carbocycles. The van der Waals surface area contributed by atoms with Gasteiger partial charge in [0.2, 0.25) is 5.82 Å². The van der Waals surface area contributed by atoms with E-state index in [4.69, 9.17) is 4.42 Å². The van der Waals surface area contributed by atoms with E-state index in [2.05, 4.69) is 4.74 Å². The van der Waals surface area contributed by atoms with Crippen LogP contribution in [-0.4, -0.2) is 23.4 Å². The summed E-state index contributed by atoms with van der Waals surface area (Å²) in [7, 11) is 0. The van der Waals surface area contributed by atoms with E-state index in [1.165, 1.54) is 5.32 Å². The molecule has 2 rings (SSSR count). The van der Waals surface area contributed by atoms with Crippen LogP contribution in [0, 0.1) is 39.2 Å². The van der Waals surface area contributed by atoms with Crippen molar-refractivity contribution < 1.29 is 45.6 Å². The number of nitro groups is 1. The van der Waals surface area contributed by atoms with Crippen molar-refractivity contribution in [3.8, 4) is 0 Å². The van der Waals surface area contributed by atoms with Gasteiger partial charge in [-0.15, -0.1) is 0 Å². The Morgan fingerprint density at radius 2 is 1.64 bits per heavy atom. The lowest BCUT2D eigenvalue weighted by Crippen LogP contribution is -2.22. The molecule has 0 aliphatic rings. The molecule has 148 valence electrons. The molecule has 0 aliphatic carbocycles. The standard InChI is InChI=1S/C15H7F5N2O6/c16-10-11(17)13(19)15(14(20)12(10)18)21-7(23)5-27-9(24)4-2-6-1-3-8(28-6)22(25)26/h1-4H,5H2,(H,21,23)/b4-2+. The van der Waals surface area contributed by atoms with E-state index in [0.29, 0.717) is 6.08 Å². The number of benzene rings is 1. The second-order valence-corrected chi connectivity index (χ2v) is 4.87. The quantitative estimate of drug-likeness (QED) is 0.150. The Bertz CT molecular complexity index is 959. The van der Waals surface area contributed by atoms with Crippen LogP contribution in [0.5, 0.6) is 0 Å². The van der Waals surface area contributed by atoms with Crippen LogP contribution in [0.4, 0.5) is 33.5 Å². The number of furan rings is 1. The Hall–Kier alpha value is -3.77. The molecular weight excluding hydrogens is 399 g/mol. The zero-order chi connectivity index (χ0) is 21.0. The number of amides is 1. The molecule has 0 saturated heterocycles. The fourth-order valence-corrected chi connectivity index (χ4v) is 1.76. The van der Waals surface area contributed by atoms with Crippen molar-refractivity contribution >= 4 is 29.5 Å². The Labute approximate surface area is 151 Å². The molecule has 0 radical (unpaired) electrons. The third kappa shape index (κ3) is 4.49. The monoisotopic (exact) mass is 406 g/mol. The van der Waals surface area contributed by atoms with E-state index in [1.54, 1.807) is 0 Å². The first-order valence-corrected chi connectivity index (χ1v) is 7.02. The minimum absolute atomic E-state index is 0.0884. The summed E-state index contributed by atoms with van der Waals surface area (Å²) in [6, 6.07) is 2.18. The Morgan fingerprint density at radius 3 is 2.18 bits per heavy atom. The maximum absolute atomic E-state index is 13.4. The van der Waals surface area contributed by atoms with Gasteiger partial charge in [-0.2, -0.15) is 0 Å². The number of anilines is 1. The lowest BCUT2D eigenvalue weighted by Gasteiger charge is -2.09. The molecule has 8 nitrogen and oxygen atoms in total. The molecule has 1 aromatic carbocycles. The second kappa shape index (κ2) is 8.28. The van der Waals surface area contributed by atoms with Gasteiger partial charge in [0, 0.05) is 6.08 Å². The van der Waals surface area contributed by atoms with Gasteiger partial charge in [0.25, 0.3) is 5.91 Å². The number of halogens is 5. The Morgan fingerprint density at radius 1 is 1.07 bits per heavy atom. The number of esters is 1. The summed E-state index contributed by atoms with van der Waals surface area (Å²) in [5.41, 5.74) is -1.60. The van der Waals surface area contributed by atoms with Gasteiger partial charge in [-0.3, -0.25) is 14.9 Å². The highest BCUT2D eigenvalue weighted by Crippen LogP contribution is 2.27. The normalized spacial score (nSPS) is 10.9. The number of ether oxygens (including phenoxy) is 1. The van der Waals surface area contributed by atoms with Crippen LogP contribution >= 0.6 is 0 Å². The summed E-state index contributed by atoms with van der Waals surface area (Å²) in [4.78, 5) is 32.5. The van der Waals surface area contributed by atoms with Gasteiger partial charge >= 0.3 is 11.9 Å². The van der Waals surface area contributed by atoms with Crippen molar-refractivity contribution in [2.45, 2.75) is 0 Å². The minimum Gasteiger partial charge on any atom is -0.452 e. The lowest BCUT2D eigenvalue weighted by molar-refractivity contribution is -0.402. The number of carbonyl (C=O) groups excluding carboxylic acids is 2. The fraction of sp³-hybridized carbons (Fsp3) is 0.0667. The topological polar surface area (TPSA) is 112 Å². The lowest BCUT2D eigenvalue weighted by atomic mass is 10.2. The van der Waals surface area contributed by atoms with Crippen LogP contribution in [0.25, 0.3) is 6.08 Å². The van der Waals surface area contributed by atoms with Gasteiger partial charge in [-0.1, -0.05) is 0 Å². The highest BCUT2D eigenvalue weighted by molar-refractivity contribution is 5.94. The summed E-state index contributed by atoms with van der Waals surface area (Å²) in [6.45, 7) is -1.12. The van der Waals surface area contributed by atoms with Crippen LogP contribution in [0.2, 0.25) is 0 Å². The zero-order valence-electron chi connectivity index (χ0n) is 13.3. The molecular formula is C15H7F5N2O6. The zero-order valence-corrected chi connectivity index (χ0v) is 13.3. The minimum atomic E-state index is -2.40. The van der Waals surface area contributed by atoms with Crippen molar-refractivity contribution in [1.82, 2.24) is 0 Å². The summed E-state index contributed by atoms with van der Waals surface area (Å²) in [6.07, 6.45) is 1.69. The molecule has 1 aromatic heterocycles. The van der Waals surface area contributed by atoms with E-state index in [9.17, 15) is 41.7 Å². The van der Waals surface area contributed by atoms with Crippen molar-refractivity contribution in [3.05, 3.63) is 63.2 Å². The van der Waals surface area contributed by atoms with Gasteiger partial charge in [0.15, 0.2) is 29.9 Å². The molecule has 0 atom stereocenters. The highest BCUT2D eigenvalue weighted by atomic mass is 19.2. The molecule has 1 amide bonds. The Balaban J connectivity index is 1.96. The van der Waals surface area contributed by atoms with Crippen LogP contribution < -0.4 is 5.32 Å². The first-order valence-electron chi connectivity index (χ1n) is 7.02. The van der Waals surface area contributed by atoms with Gasteiger partial charge in [0.1, 0.15) is 16.4 Å².